The van der Waals surface area contributed by atoms with E-state index in [9.17, 15) is 13.2 Å². The fourth-order valence-corrected chi connectivity index (χ4v) is 4.21. The first-order valence-corrected chi connectivity index (χ1v) is 11.3. The van der Waals surface area contributed by atoms with Crippen LogP contribution in [0, 0.1) is 11.3 Å². The zero-order valence-corrected chi connectivity index (χ0v) is 17.7. The molecule has 9 heteroatoms. The number of hydrogen-bond donors (Lipinski definition) is 2. The molecule has 8 nitrogen and oxygen atoms in total. The van der Waals surface area contributed by atoms with Gasteiger partial charge in [0.25, 0.3) is 15.9 Å². The summed E-state index contributed by atoms with van der Waals surface area (Å²) >= 11 is 0. The molecule has 0 unspecified atom stereocenters. The Kier molecular flexibility index (Phi) is 5.96. The molecule has 162 valence electrons. The molecule has 4 rings (SSSR count). The minimum absolute atomic E-state index is 0.0776. The van der Waals surface area contributed by atoms with Crippen molar-refractivity contribution in [2.24, 2.45) is 0 Å². The van der Waals surface area contributed by atoms with E-state index in [4.69, 9.17) is 14.7 Å². The summed E-state index contributed by atoms with van der Waals surface area (Å²) in [4.78, 5) is 12.7. The number of nitrogens with one attached hydrogen (secondary N) is 2. The maximum atomic E-state index is 12.8. The predicted octanol–water partition coefficient (Wildman–Crippen LogP) is 3.77. The molecule has 3 aromatic carbocycles. The largest absolute Gasteiger partial charge is 0.490 e. The molecule has 0 saturated heterocycles. The van der Waals surface area contributed by atoms with E-state index in [1.54, 1.807) is 36.4 Å². The van der Waals surface area contributed by atoms with E-state index in [0.29, 0.717) is 36.0 Å². The first-order valence-electron chi connectivity index (χ1n) is 9.79. The Hall–Kier alpha value is -4.03. The number of fused-ring (bicyclic) bond motifs is 1. The summed E-state index contributed by atoms with van der Waals surface area (Å²) in [5.41, 5.74) is 1.25. The Bertz CT molecular complexity index is 1320. The molecule has 1 aliphatic rings. The summed E-state index contributed by atoms with van der Waals surface area (Å²) in [6.45, 7) is 1.09. The number of hydrogen-bond acceptors (Lipinski definition) is 6. The minimum atomic E-state index is -3.96. The highest BCUT2D eigenvalue weighted by molar-refractivity contribution is 7.92. The van der Waals surface area contributed by atoms with Crippen molar-refractivity contribution in [3.8, 4) is 17.6 Å². The van der Waals surface area contributed by atoms with Crippen LogP contribution in [-0.4, -0.2) is 27.5 Å². The summed E-state index contributed by atoms with van der Waals surface area (Å²) in [6, 6.07) is 18.8. The van der Waals surface area contributed by atoms with Gasteiger partial charge < -0.3 is 14.8 Å². The third kappa shape index (κ3) is 4.82. The van der Waals surface area contributed by atoms with Crippen LogP contribution < -0.4 is 19.5 Å². The average Bonchev–Trinajstić information content (AvgIpc) is 3.04. The Morgan fingerprint density at radius 2 is 1.69 bits per heavy atom. The van der Waals surface area contributed by atoms with Crippen LogP contribution in [0.1, 0.15) is 22.3 Å². The van der Waals surface area contributed by atoms with Gasteiger partial charge in [-0.3, -0.25) is 9.52 Å². The van der Waals surface area contributed by atoms with Gasteiger partial charge in [-0.1, -0.05) is 12.1 Å². The Morgan fingerprint density at radius 1 is 0.906 bits per heavy atom. The molecule has 0 bridgehead atoms. The summed E-state index contributed by atoms with van der Waals surface area (Å²) in [5, 5.41) is 11.7. The number of amides is 1. The third-order valence-corrected chi connectivity index (χ3v) is 6.03. The number of carbonyl (C=O) groups excluding carboxylic acids is 1. The lowest BCUT2D eigenvalue weighted by atomic mass is 10.2. The highest BCUT2D eigenvalue weighted by Gasteiger charge is 2.18. The van der Waals surface area contributed by atoms with Crippen molar-refractivity contribution in [3.63, 3.8) is 0 Å². The first-order chi connectivity index (χ1) is 15.4. The fraction of sp³-hybridized carbons (Fsp3) is 0.130. The van der Waals surface area contributed by atoms with E-state index in [1.807, 2.05) is 6.07 Å². The van der Waals surface area contributed by atoms with Gasteiger partial charge in [-0.25, -0.2) is 8.42 Å². The predicted molar refractivity (Wildman–Crippen MR) is 118 cm³/mol. The topological polar surface area (TPSA) is 118 Å². The second-order valence-electron chi connectivity index (χ2n) is 6.99. The molecule has 32 heavy (non-hydrogen) atoms. The standard InChI is InChI=1S/C23H19N3O5S/c24-15-16-4-1-6-19(12-16)26-32(28,29)20-7-2-5-17(13-20)23(27)25-18-8-9-21-22(14-18)31-11-3-10-30-21/h1-2,4-9,12-14,26H,3,10-11H2,(H,25,27). The Balaban J connectivity index is 1.52. The number of ether oxygens (including phenoxy) is 2. The summed E-state index contributed by atoms with van der Waals surface area (Å²) < 4.78 is 39.2. The molecule has 1 aliphatic heterocycles. The third-order valence-electron chi connectivity index (χ3n) is 4.66. The van der Waals surface area contributed by atoms with E-state index >= 15 is 0 Å². The fourth-order valence-electron chi connectivity index (χ4n) is 3.12. The van der Waals surface area contributed by atoms with Crippen molar-refractivity contribution in [1.82, 2.24) is 0 Å². The molecular weight excluding hydrogens is 430 g/mol. The van der Waals surface area contributed by atoms with Crippen molar-refractivity contribution in [2.75, 3.05) is 23.3 Å². The number of carbonyl (C=O) groups is 1. The Morgan fingerprint density at radius 3 is 2.50 bits per heavy atom. The highest BCUT2D eigenvalue weighted by atomic mass is 32.2. The minimum Gasteiger partial charge on any atom is -0.490 e. The van der Waals surface area contributed by atoms with Gasteiger partial charge >= 0.3 is 0 Å². The number of sulfonamides is 1. The van der Waals surface area contributed by atoms with Gasteiger partial charge in [0.2, 0.25) is 0 Å². The van der Waals surface area contributed by atoms with Crippen LogP contribution in [0.25, 0.3) is 0 Å². The maximum Gasteiger partial charge on any atom is 0.261 e. The van der Waals surface area contributed by atoms with Gasteiger partial charge in [-0.15, -0.1) is 0 Å². The normalized spacial score (nSPS) is 12.8. The van der Waals surface area contributed by atoms with Gasteiger partial charge in [0.15, 0.2) is 11.5 Å². The van der Waals surface area contributed by atoms with Crippen LogP contribution in [0.15, 0.2) is 71.6 Å². The molecule has 0 aromatic heterocycles. The smallest absolute Gasteiger partial charge is 0.261 e. The van der Waals surface area contributed by atoms with Crippen LogP contribution in [0.5, 0.6) is 11.5 Å². The van der Waals surface area contributed by atoms with Crippen molar-refractivity contribution >= 4 is 27.3 Å². The van der Waals surface area contributed by atoms with Crippen LogP contribution in [0.3, 0.4) is 0 Å². The molecule has 0 fully saturated rings. The SMILES string of the molecule is N#Cc1cccc(NS(=O)(=O)c2cccc(C(=O)Nc3ccc4c(c3)OCCCO4)c2)c1. The number of nitriles is 1. The molecule has 0 aliphatic carbocycles. The van der Waals surface area contributed by atoms with E-state index in [-0.39, 0.29) is 16.1 Å². The van der Waals surface area contributed by atoms with Gasteiger partial charge in [-0.05, 0) is 48.5 Å². The van der Waals surface area contributed by atoms with Crippen molar-refractivity contribution in [1.29, 1.82) is 5.26 Å². The summed E-state index contributed by atoms with van der Waals surface area (Å²) in [7, 11) is -3.96. The zero-order chi connectivity index (χ0) is 22.6. The molecule has 0 radical (unpaired) electrons. The first kappa shape index (κ1) is 21.2. The van der Waals surface area contributed by atoms with Crippen LogP contribution in [-0.2, 0) is 10.0 Å². The van der Waals surface area contributed by atoms with Crippen molar-refractivity contribution in [3.05, 3.63) is 77.9 Å². The second kappa shape index (κ2) is 8.99. The van der Waals surface area contributed by atoms with E-state index in [2.05, 4.69) is 10.0 Å². The summed E-state index contributed by atoms with van der Waals surface area (Å²) in [6.07, 6.45) is 0.770. The van der Waals surface area contributed by atoms with Gasteiger partial charge in [0.1, 0.15) is 0 Å². The number of benzene rings is 3. The number of nitrogens with zero attached hydrogens (tertiary/aromatic N) is 1. The lowest BCUT2D eigenvalue weighted by molar-refractivity contribution is 0.102. The van der Waals surface area contributed by atoms with E-state index < -0.39 is 15.9 Å². The van der Waals surface area contributed by atoms with E-state index in [0.717, 1.165) is 6.42 Å². The molecule has 1 amide bonds. The average molecular weight is 449 g/mol. The number of anilines is 2. The van der Waals surface area contributed by atoms with E-state index in [1.165, 1.54) is 30.3 Å². The van der Waals surface area contributed by atoms with Gasteiger partial charge in [0.05, 0.1) is 35.4 Å². The lowest BCUT2D eigenvalue weighted by Gasteiger charge is -2.12. The van der Waals surface area contributed by atoms with Gasteiger partial charge in [0, 0.05) is 23.7 Å². The lowest BCUT2D eigenvalue weighted by Crippen LogP contribution is -2.16. The van der Waals surface area contributed by atoms with Crippen LogP contribution in [0.2, 0.25) is 0 Å². The monoisotopic (exact) mass is 449 g/mol. The quantitative estimate of drug-likeness (QED) is 0.612. The highest BCUT2D eigenvalue weighted by Crippen LogP contribution is 2.32. The van der Waals surface area contributed by atoms with Crippen LogP contribution >= 0.6 is 0 Å². The number of rotatable bonds is 5. The maximum absolute atomic E-state index is 12.8. The van der Waals surface area contributed by atoms with Gasteiger partial charge in [-0.2, -0.15) is 5.26 Å². The van der Waals surface area contributed by atoms with Crippen molar-refractivity contribution in [2.45, 2.75) is 11.3 Å². The molecule has 1 heterocycles. The van der Waals surface area contributed by atoms with Crippen molar-refractivity contribution < 1.29 is 22.7 Å². The van der Waals surface area contributed by atoms with Crippen LogP contribution in [0.4, 0.5) is 11.4 Å². The molecule has 3 aromatic rings. The molecule has 2 N–H and O–H groups in total. The second-order valence-corrected chi connectivity index (χ2v) is 8.67. The molecular formula is C23H19N3O5S. The molecule has 0 saturated carbocycles. The zero-order valence-electron chi connectivity index (χ0n) is 16.9. The molecule has 0 spiro atoms. The summed E-state index contributed by atoms with van der Waals surface area (Å²) in [5.74, 6) is 0.684. The Labute approximate surface area is 185 Å². The molecule has 0 atom stereocenters.